The van der Waals surface area contributed by atoms with Crippen LogP contribution in [0.2, 0.25) is 0 Å². The predicted octanol–water partition coefficient (Wildman–Crippen LogP) is 1.38. The van der Waals surface area contributed by atoms with E-state index in [0.29, 0.717) is 28.4 Å². The highest BCUT2D eigenvalue weighted by molar-refractivity contribution is 7.91. The van der Waals surface area contributed by atoms with Gasteiger partial charge in [0, 0.05) is 59.9 Å². The highest BCUT2D eigenvalue weighted by Gasteiger charge is 2.30. The summed E-state index contributed by atoms with van der Waals surface area (Å²) in [7, 11) is 0. The van der Waals surface area contributed by atoms with E-state index in [1.54, 1.807) is 29.3 Å². The molecule has 1 aliphatic heterocycles. The number of aromatic amines is 1. The summed E-state index contributed by atoms with van der Waals surface area (Å²) in [6.07, 6.45) is 8.63. The Balaban J connectivity index is 1.25. The lowest BCUT2D eigenvalue weighted by Crippen LogP contribution is -2.22. The van der Waals surface area contributed by atoms with Crippen LogP contribution >= 0.6 is 0 Å². The minimum Gasteiger partial charge on any atom is -0.609 e. The van der Waals surface area contributed by atoms with Crippen molar-refractivity contribution in [2.75, 3.05) is 16.4 Å². The second-order valence-corrected chi connectivity index (χ2v) is 9.00. The molecule has 11 heteroatoms. The highest BCUT2D eigenvalue weighted by Crippen LogP contribution is 2.29. The summed E-state index contributed by atoms with van der Waals surface area (Å²) in [5, 5.41) is 11.9. The second kappa shape index (κ2) is 8.07. The summed E-state index contributed by atoms with van der Waals surface area (Å²) in [6.45, 7) is 0.769. The summed E-state index contributed by atoms with van der Waals surface area (Å²) in [5.74, 6) is 1.91. The van der Waals surface area contributed by atoms with E-state index in [9.17, 15) is 9.35 Å². The average Bonchev–Trinajstić information content (AvgIpc) is 3.37. The van der Waals surface area contributed by atoms with Crippen LogP contribution in [0.25, 0.3) is 11.3 Å². The fourth-order valence-corrected chi connectivity index (χ4v) is 5.10. The van der Waals surface area contributed by atoms with Gasteiger partial charge in [-0.2, -0.15) is 0 Å². The summed E-state index contributed by atoms with van der Waals surface area (Å²) >= 11 is -1.05. The molecule has 0 aromatic carbocycles. The third-order valence-electron chi connectivity index (χ3n) is 5.40. The van der Waals surface area contributed by atoms with Gasteiger partial charge in [-0.3, -0.25) is 9.78 Å². The molecule has 1 aliphatic carbocycles. The van der Waals surface area contributed by atoms with Crippen molar-refractivity contribution in [1.29, 1.82) is 0 Å². The lowest BCUT2D eigenvalue weighted by atomic mass is 10.2. The maximum atomic E-state index is 12.1. The van der Waals surface area contributed by atoms with Gasteiger partial charge < -0.3 is 20.2 Å². The van der Waals surface area contributed by atoms with Crippen LogP contribution in [0.3, 0.4) is 0 Å². The van der Waals surface area contributed by atoms with Crippen molar-refractivity contribution in [2.24, 2.45) is 0 Å². The number of fused-ring (bicyclic) bond motifs is 1. The third-order valence-corrected chi connectivity index (χ3v) is 6.77. The van der Waals surface area contributed by atoms with Crippen molar-refractivity contribution < 1.29 is 4.55 Å². The van der Waals surface area contributed by atoms with Crippen molar-refractivity contribution in [3.05, 3.63) is 41.1 Å². The number of H-pyrrole nitrogens is 1. The van der Waals surface area contributed by atoms with E-state index in [0.717, 1.165) is 37.8 Å². The van der Waals surface area contributed by atoms with Gasteiger partial charge in [0.25, 0.3) is 0 Å². The van der Waals surface area contributed by atoms with Crippen LogP contribution in [-0.4, -0.2) is 52.1 Å². The Morgan fingerprint density at radius 3 is 2.80 bits per heavy atom. The van der Waals surface area contributed by atoms with Crippen molar-refractivity contribution in [3.63, 3.8) is 0 Å². The molecule has 0 amide bonds. The third kappa shape index (κ3) is 3.90. The van der Waals surface area contributed by atoms with E-state index in [1.807, 2.05) is 0 Å². The number of rotatable bonds is 5. The molecule has 3 aromatic rings. The Hall–Kier alpha value is -2.92. The summed E-state index contributed by atoms with van der Waals surface area (Å²) in [4.78, 5) is 27.3. The molecule has 1 unspecified atom stereocenters. The molecule has 2 aliphatic rings. The molecule has 3 atom stereocenters. The van der Waals surface area contributed by atoms with Gasteiger partial charge >= 0.3 is 5.16 Å². The molecule has 10 nitrogen and oxygen atoms in total. The Bertz CT molecular complexity index is 1080. The van der Waals surface area contributed by atoms with Crippen LogP contribution in [0, 0.1) is 0 Å². The Labute approximate surface area is 175 Å². The summed E-state index contributed by atoms with van der Waals surface area (Å²) < 4.78 is 13.8. The Morgan fingerprint density at radius 2 is 2.00 bits per heavy atom. The van der Waals surface area contributed by atoms with Gasteiger partial charge in [0.05, 0.1) is 6.54 Å². The van der Waals surface area contributed by atoms with Crippen molar-refractivity contribution >= 4 is 22.9 Å². The summed E-state index contributed by atoms with van der Waals surface area (Å²) in [5.41, 5.74) is 1.36. The van der Waals surface area contributed by atoms with Gasteiger partial charge in [-0.05, 0) is 25.3 Å². The molecule has 1 fully saturated rings. The molecule has 4 heterocycles. The minimum absolute atomic E-state index is 0.153. The first-order valence-corrected chi connectivity index (χ1v) is 11.3. The number of aromatic nitrogens is 6. The molecule has 5 rings (SSSR count). The molecule has 3 aromatic heterocycles. The number of hydrogen-bond donors (Lipinski definition) is 3. The van der Waals surface area contributed by atoms with E-state index in [1.165, 1.54) is 6.07 Å². The first-order valence-electron chi connectivity index (χ1n) is 10.0. The number of anilines is 2. The fraction of sp³-hybridized carbons (Fsp3) is 0.421. The van der Waals surface area contributed by atoms with Gasteiger partial charge in [-0.1, -0.05) is 0 Å². The van der Waals surface area contributed by atoms with Gasteiger partial charge in [0.2, 0.25) is 11.5 Å². The first kappa shape index (κ1) is 19.1. The lowest BCUT2D eigenvalue weighted by Gasteiger charge is -2.16. The van der Waals surface area contributed by atoms with Crippen LogP contribution in [0.1, 0.15) is 25.7 Å². The number of aryl methyl sites for hydroxylation is 1. The number of hydrogen-bond acceptors (Lipinski definition) is 8. The van der Waals surface area contributed by atoms with E-state index in [-0.39, 0.29) is 17.6 Å². The largest absolute Gasteiger partial charge is 0.609 e. The standard InChI is InChI=1S/C19H22N8O2S/c28-15-5-2-12(11-22-15)16-17(21-7-6-20-16)23-13-3-4-14(10-13)24-18-25-19-27(26-18)8-1-9-30(19)29/h2,5-7,11,13-14H,1,3-4,8-10H2,(H,21,23)(H,22,28)(H,24,26)/t13-,14-,30?/m0/s1. The highest BCUT2D eigenvalue weighted by atomic mass is 32.2. The van der Waals surface area contributed by atoms with E-state index in [2.05, 4.69) is 35.7 Å². The van der Waals surface area contributed by atoms with Gasteiger partial charge in [0.15, 0.2) is 5.82 Å². The van der Waals surface area contributed by atoms with Gasteiger partial charge in [-0.15, -0.1) is 10.1 Å². The molecule has 156 valence electrons. The number of nitrogens with one attached hydrogen (secondary N) is 3. The number of pyridine rings is 1. The van der Waals surface area contributed by atoms with Gasteiger partial charge in [0.1, 0.15) is 11.4 Å². The summed E-state index contributed by atoms with van der Waals surface area (Å²) in [6, 6.07) is 3.68. The van der Waals surface area contributed by atoms with Gasteiger partial charge in [-0.25, -0.2) is 9.67 Å². The van der Waals surface area contributed by atoms with Crippen molar-refractivity contribution in [3.8, 4) is 11.3 Å². The Kier molecular flexibility index (Phi) is 5.13. The fourth-order valence-electron chi connectivity index (χ4n) is 3.97. The lowest BCUT2D eigenvalue weighted by molar-refractivity contribution is 0.493. The zero-order valence-corrected chi connectivity index (χ0v) is 17.1. The zero-order chi connectivity index (χ0) is 20.5. The van der Waals surface area contributed by atoms with E-state index < -0.39 is 11.2 Å². The quantitative estimate of drug-likeness (QED) is 0.521. The van der Waals surface area contributed by atoms with Crippen LogP contribution in [0.4, 0.5) is 11.8 Å². The molecule has 0 radical (unpaired) electrons. The van der Waals surface area contributed by atoms with Crippen LogP contribution in [-0.2, 0) is 17.7 Å². The molecule has 0 saturated heterocycles. The Morgan fingerprint density at radius 1 is 1.17 bits per heavy atom. The maximum Gasteiger partial charge on any atom is 0.343 e. The second-order valence-electron chi connectivity index (χ2n) is 7.54. The average molecular weight is 427 g/mol. The van der Waals surface area contributed by atoms with Crippen molar-refractivity contribution in [1.82, 2.24) is 29.7 Å². The molecule has 3 N–H and O–H groups in total. The van der Waals surface area contributed by atoms with Crippen LogP contribution in [0.15, 0.2) is 40.7 Å². The minimum atomic E-state index is -1.05. The zero-order valence-electron chi connectivity index (χ0n) is 16.2. The van der Waals surface area contributed by atoms with Crippen LogP contribution < -0.4 is 16.2 Å². The molecule has 30 heavy (non-hydrogen) atoms. The normalized spacial score (nSPS) is 23.2. The van der Waals surface area contributed by atoms with E-state index >= 15 is 0 Å². The molecular weight excluding hydrogens is 404 g/mol. The molecule has 1 saturated carbocycles. The molecule has 0 bridgehead atoms. The van der Waals surface area contributed by atoms with Crippen LogP contribution in [0.5, 0.6) is 0 Å². The molecule has 0 spiro atoms. The number of nitrogens with zero attached hydrogens (tertiary/aromatic N) is 5. The monoisotopic (exact) mass is 426 g/mol. The topological polar surface area (TPSA) is 136 Å². The maximum absolute atomic E-state index is 12.1. The molecular formula is C19H22N8O2S. The predicted molar refractivity (Wildman–Crippen MR) is 113 cm³/mol. The smallest absolute Gasteiger partial charge is 0.343 e. The van der Waals surface area contributed by atoms with E-state index in [4.69, 9.17) is 0 Å². The van der Waals surface area contributed by atoms with Crippen molar-refractivity contribution in [2.45, 2.75) is 49.5 Å². The first-order chi connectivity index (χ1) is 14.7. The SMILES string of the molecule is O=c1ccc(-c2nccnc2N[C@H]2CC[C@H](Nc3nc4n(n3)CCC[S+]4[O-])C2)c[nH]1.